The van der Waals surface area contributed by atoms with Crippen LogP contribution in [0.5, 0.6) is 0 Å². The summed E-state index contributed by atoms with van der Waals surface area (Å²) >= 11 is 0. The van der Waals surface area contributed by atoms with E-state index in [1.807, 2.05) is 25.1 Å². The van der Waals surface area contributed by atoms with Gasteiger partial charge in [0, 0.05) is 22.5 Å². The number of anilines is 1. The molecule has 2 aromatic rings. The predicted octanol–water partition coefficient (Wildman–Crippen LogP) is 2.67. The molecule has 0 aromatic heterocycles. The lowest BCUT2D eigenvalue weighted by molar-refractivity contribution is -0.505. The van der Waals surface area contributed by atoms with Crippen LogP contribution in [-0.4, -0.2) is 37.1 Å². The highest BCUT2D eigenvalue weighted by Gasteiger charge is 2.52. The summed E-state index contributed by atoms with van der Waals surface area (Å²) in [6.45, 7) is 3.32. The van der Waals surface area contributed by atoms with Crippen molar-refractivity contribution in [3.63, 3.8) is 0 Å². The number of nitrogens with zero attached hydrogens (tertiary/aromatic N) is 2. The largest absolute Gasteiger partial charge is 0.273 e. The molecule has 1 N–H and O–H groups in total. The number of nitrogens with one attached hydrogen (secondary N) is 1. The molecular formula is C22H23N3O5S. The molecule has 0 saturated carbocycles. The molecule has 8 nitrogen and oxygen atoms in total. The van der Waals surface area contributed by atoms with Crippen molar-refractivity contribution >= 4 is 21.4 Å². The second-order valence-corrected chi connectivity index (χ2v) is 9.97. The van der Waals surface area contributed by atoms with Crippen LogP contribution >= 0.6 is 0 Å². The number of allylic oxidation sites excluding steroid dienone is 1. The number of benzene rings is 2. The molecule has 2 aliphatic heterocycles. The Morgan fingerprint density at radius 3 is 2.23 bits per heavy atom. The van der Waals surface area contributed by atoms with E-state index in [-0.39, 0.29) is 22.4 Å². The van der Waals surface area contributed by atoms with Gasteiger partial charge >= 0.3 is 0 Å². The molecule has 4 rings (SSSR count). The molecule has 0 radical (unpaired) electrons. The van der Waals surface area contributed by atoms with Gasteiger partial charge in [0.05, 0.1) is 16.5 Å². The normalized spacial score (nSPS) is 26.3. The average molecular weight is 442 g/mol. The minimum Gasteiger partial charge on any atom is -0.273 e. The fraction of sp³-hybridized carbons (Fsp3) is 0.318. The van der Waals surface area contributed by atoms with E-state index in [0.717, 1.165) is 0 Å². The summed E-state index contributed by atoms with van der Waals surface area (Å²) < 4.78 is 26.2. The van der Waals surface area contributed by atoms with Gasteiger partial charge in [0.2, 0.25) is 11.9 Å². The number of hydrogen-bond donors (Lipinski definition) is 1. The first-order chi connectivity index (χ1) is 14.7. The van der Waals surface area contributed by atoms with Crippen LogP contribution in [0.2, 0.25) is 0 Å². The summed E-state index contributed by atoms with van der Waals surface area (Å²) in [5.74, 6) is -2.41. The Balaban J connectivity index is 1.86. The maximum absolute atomic E-state index is 13.5. The van der Waals surface area contributed by atoms with Gasteiger partial charge in [-0.05, 0) is 31.5 Å². The van der Waals surface area contributed by atoms with E-state index in [0.29, 0.717) is 11.3 Å². The Kier molecular flexibility index (Phi) is 5.40. The highest BCUT2D eigenvalue weighted by atomic mass is 32.2. The van der Waals surface area contributed by atoms with Crippen LogP contribution in [0.15, 0.2) is 71.1 Å². The SMILES string of the molecule is CC1=C(C(c2ccccc2)C2C(=O)N(c3ccccc3)NC2C)S(=O)(=O)CC1[N+](=O)[O-]. The van der Waals surface area contributed by atoms with Crippen LogP contribution in [0.1, 0.15) is 25.3 Å². The van der Waals surface area contributed by atoms with Gasteiger partial charge in [-0.3, -0.25) is 14.9 Å². The van der Waals surface area contributed by atoms with E-state index >= 15 is 0 Å². The number of hydrazine groups is 1. The molecule has 0 spiro atoms. The van der Waals surface area contributed by atoms with Crippen LogP contribution in [0.3, 0.4) is 0 Å². The van der Waals surface area contributed by atoms with E-state index in [1.165, 1.54) is 11.9 Å². The molecule has 9 heteroatoms. The molecule has 2 aromatic carbocycles. The Hall–Kier alpha value is -3.04. The maximum atomic E-state index is 13.5. The fourth-order valence-electron chi connectivity index (χ4n) is 4.59. The topological polar surface area (TPSA) is 110 Å². The quantitative estimate of drug-likeness (QED) is 0.564. The van der Waals surface area contributed by atoms with E-state index in [2.05, 4.69) is 5.43 Å². The van der Waals surface area contributed by atoms with Gasteiger partial charge in [0.15, 0.2) is 9.84 Å². The van der Waals surface area contributed by atoms with Crippen LogP contribution in [0.25, 0.3) is 0 Å². The number of sulfone groups is 1. The average Bonchev–Trinajstić information content (AvgIpc) is 3.17. The third-order valence-corrected chi connectivity index (χ3v) is 8.05. The summed E-state index contributed by atoms with van der Waals surface area (Å²) in [5.41, 5.74) is 4.65. The Labute approximate surface area is 180 Å². The van der Waals surface area contributed by atoms with Gasteiger partial charge in [0.25, 0.3) is 0 Å². The summed E-state index contributed by atoms with van der Waals surface area (Å²) in [5, 5.41) is 12.9. The molecule has 4 atom stereocenters. The first kappa shape index (κ1) is 21.2. The Morgan fingerprint density at radius 2 is 1.68 bits per heavy atom. The molecular weight excluding hydrogens is 418 g/mol. The third kappa shape index (κ3) is 3.64. The van der Waals surface area contributed by atoms with Crippen molar-refractivity contribution < 1.29 is 18.1 Å². The number of nitro groups is 1. The summed E-state index contributed by atoms with van der Waals surface area (Å²) in [7, 11) is -3.90. The molecule has 2 heterocycles. The molecule has 1 saturated heterocycles. The van der Waals surface area contributed by atoms with Crippen molar-refractivity contribution in [3.05, 3.63) is 86.8 Å². The first-order valence-electron chi connectivity index (χ1n) is 9.99. The van der Waals surface area contributed by atoms with Gasteiger partial charge in [0.1, 0.15) is 5.75 Å². The molecule has 2 aliphatic rings. The minimum absolute atomic E-state index is 0.00214. The van der Waals surface area contributed by atoms with Crippen LogP contribution < -0.4 is 10.4 Å². The smallest absolute Gasteiger partial charge is 0.249 e. The van der Waals surface area contributed by atoms with E-state index < -0.39 is 38.4 Å². The van der Waals surface area contributed by atoms with Gasteiger partial charge in [-0.25, -0.2) is 18.9 Å². The lowest BCUT2D eigenvalue weighted by Gasteiger charge is -2.26. The zero-order valence-electron chi connectivity index (χ0n) is 17.1. The number of para-hydroxylation sites is 1. The van der Waals surface area contributed by atoms with E-state index in [4.69, 9.17) is 0 Å². The molecule has 4 unspecified atom stereocenters. The third-order valence-electron chi connectivity index (χ3n) is 6.05. The van der Waals surface area contributed by atoms with Gasteiger partial charge in [-0.1, -0.05) is 48.5 Å². The summed E-state index contributed by atoms with van der Waals surface area (Å²) in [6.07, 6.45) is 0. The van der Waals surface area contributed by atoms with Crippen molar-refractivity contribution in [3.8, 4) is 0 Å². The van der Waals surface area contributed by atoms with Crippen molar-refractivity contribution in [2.45, 2.75) is 31.8 Å². The molecule has 1 fully saturated rings. The van der Waals surface area contributed by atoms with Crippen molar-refractivity contribution in [2.75, 3.05) is 10.8 Å². The van der Waals surface area contributed by atoms with Crippen LogP contribution in [-0.2, 0) is 14.6 Å². The number of carbonyl (C=O) groups is 1. The lowest BCUT2D eigenvalue weighted by atomic mass is 9.80. The van der Waals surface area contributed by atoms with Gasteiger partial charge in [-0.2, -0.15) is 0 Å². The van der Waals surface area contributed by atoms with E-state index in [1.54, 1.807) is 42.5 Å². The molecule has 162 valence electrons. The van der Waals surface area contributed by atoms with Crippen LogP contribution in [0, 0.1) is 16.0 Å². The zero-order chi connectivity index (χ0) is 22.3. The van der Waals surface area contributed by atoms with Crippen molar-refractivity contribution in [2.24, 2.45) is 5.92 Å². The zero-order valence-corrected chi connectivity index (χ0v) is 18.0. The maximum Gasteiger partial charge on any atom is 0.249 e. The molecule has 31 heavy (non-hydrogen) atoms. The highest BCUT2D eigenvalue weighted by Crippen LogP contribution is 2.45. The molecule has 0 bridgehead atoms. The predicted molar refractivity (Wildman–Crippen MR) is 116 cm³/mol. The number of amides is 1. The first-order valence-corrected chi connectivity index (χ1v) is 11.6. The molecule has 1 amide bonds. The standard InChI is InChI=1S/C22H23N3O5S/c1-14-18(25(27)28)13-31(29,30)21(14)20(16-9-5-3-6-10-16)19-15(2)23-24(22(19)26)17-11-7-4-8-12-17/h3-12,15,18-20,23H,13H2,1-2H3. The second kappa shape index (κ2) is 7.90. The van der Waals surface area contributed by atoms with Crippen molar-refractivity contribution in [1.29, 1.82) is 0 Å². The highest BCUT2D eigenvalue weighted by molar-refractivity contribution is 7.95. The van der Waals surface area contributed by atoms with Crippen LogP contribution in [0.4, 0.5) is 5.69 Å². The summed E-state index contributed by atoms with van der Waals surface area (Å²) in [6, 6.07) is 16.3. The monoisotopic (exact) mass is 441 g/mol. The van der Waals surface area contributed by atoms with Gasteiger partial charge in [-0.15, -0.1) is 0 Å². The number of carbonyl (C=O) groups excluding carboxylic acids is 1. The Morgan fingerprint density at radius 1 is 1.10 bits per heavy atom. The van der Waals surface area contributed by atoms with Crippen molar-refractivity contribution in [1.82, 2.24) is 5.43 Å². The van der Waals surface area contributed by atoms with E-state index in [9.17, 15) is 23.3 Å². The fourth-order valence-corrected chi connectivity index (χ4v) is 6.86. The van der Waals surface area contributed by atoms with Gasteiger partial charge < -0.3 is 0 Å². The lowest BCUT2D eigenvalue weighted by Crippen LogP contribution is -2.36. The molecule has 0 aliphatic carbocycles. The number of rotatable bonds is 5. The second-order valence-electron chi connectivity index (χ2n) is 7.97. The number of hydrogen-bond acceptors (Lipinski definition) is 6. The Bertz CT molecular complexity index is 1150. The summed E-state index contributed by atoms with van der Waals surface area (Å²) in [4.78, 5) is 24.5. The minimum atomic E-state index is -3.90.